The van der Waals surface area contributed by atoms with Crippen molar-refractivity contribution in [1.29, 1.82) is 0 Å². The Morgan fingerprint density at radius 2 is 1.86 bits per heavy atom. The molecule has 0 aliphatic carbocycles. The lowest BCUT2D eigenvalue weighted by molar-refractivity contribution is -0.137. The molecule has 1 aliphatic rings. The molecule has 3 aromatic carbocycles. The van der Waals surface area contributed by atoms with Crippen molar-refractivity contribution in [2.75, 3.05) is 5.32 Å². The van der Waals surface area contributed by atoms with Gasteiger partial charge in [0.1, 0.15) is 12.6 Å². The van der Waals surface area contributed by atoms with Crippen LogP contribution in [0.15, 0.2) is 70.5 Å². The number of aromatic amines is 1. The number of nitrogens with zero attached hydrogens (tertiary/aromatic N) is 2. The van der Waals surface area contributed by atoms with E-state index in [2.05, 4.69) is 10.3 Å². The Labute approximate surface area is 208 Å². The Morgan fingerprint density at radius 1 is 1.06 bits per heavy atom. The molecule has 8 nitrogen and oxygen atoms in total. The fourth-order valence-electron chi connectivity index (χ4n) is 4.15. The number of imidazole rings is 1. The molecule has 0 fully saturated rings. The van der Waals surface area contributed by atoms with Crippen molar-refractivity contribution in [3.63, 3.8) is 0 Å². The molecule has 1 aromatic heterocycles. The summed E-state index contributed by atoms with van der Waals surface area (Å²) in [4.78, 5) is 44.2. The Morgan fingerprint density at radius 3 is 2.63 bits per heavy atom. The number of anilines is 1. The monoisotopic (exact) mass is 508 g/mol. The number of rotatable bonds is 5. The van der Waals surface area contributed by atoms with E-state index in [-0.39, 0.29) is 12.3 Å². The molecule has 1 amide bonds. The normalized spacial score (nSPS) is 15.3. The van der Waals surface area contributed by atoms with Crippen LogP contribution in [-0.2, 0) is 22.6 Å². The second kappa shape index (κ2) is 9.05. The summed E-state index contributed by atoms with van der Waals surface area (Å²) in [5.74, 6) is -1.44. The van der Waals surface area contributed by atoms with E-state index in [0.29, 0.717) is 43.6 Å². The van der Waals surface area contributed by atoms with Gasteiger partial charge in [-0.25, -0.2) is 4.79 Å². The van der Waals surface area contributed by atoms with E-state index in [1.165, 1.54) is 0 Å². The zero-order valence-electron chi connectivity index (χ0n) is 18.1. The molecule has 176 valence electrons. The standard InChI is InChI=1S/C25H18Cl2N4O4/c26-15-6-8-18-16(11-15)23(28-20(24(34)29-18)9-13-3-1-2-4-17(13)27)14-5-7-19-21(10-14)31(12-22(32)33)25(35)30-19/h1-8,10-11,20H,9,12H2,(H,29,34)(H,30,35)(H,32,33). The molecule has 0 radical (unpaired) electrons. The summed E-state index contributed by atoms with van der Waals surface area (Å²) in [6, 6.07) is 16.7. The molecule has 1 unspecified atom stereocenters. The number of benzene rings is 3. The number of nitrogens with one attached hydrogen (secondary N) is 2. The van der Waals surface area contributed by atoms with E-state index in [9.17, 15) is 19.5 Å². The van der Waals surface area contributed by atoms with Gasteiger partial charge in [-0.15, -0.1) is 0 Å². The highest BCUT2D eigenvalue weighted by Gasteiger charge is 2.27. The second-order valence-corrected chi connectivity index (χ2v) is 8.95. The van der Waals surface area contributed by atoms with Gasteiger partial charge >= 0.3 is 11.7 Å². The molecule has 3 N–H and O–H groups in total. The number of hydrogen-bond donors (Lipinski definition) is 3. The van der Waals surface area contributed by atoms with Crippen molar-refractivity contribution in [2.24, 2.45) is 4.99 Å². The molecular weight excluding hydrogens is 491 g/mol. The summed E-state index contributed by atoms with van der Waals surface area (Å²) >= 11 is 12.6. The lowest BCUT2D eigenvalue weighted by Crippen LogP contribution is -2.27. The largest absolute Gasteiger partial charge is 0.480 e. The SMILES string of the molecule is O=C(O)Cn1c(=O)[nH]c2ccc(C3=NC(Cc4ccccc4Cl)C(=O)Nc4ccc(Cl)cc43)cc21. The third-order valence-corrected chi connectivity index (χ3v) is 6.40. The van der Waals surface area contributed by atoms with Crippen LogP contribution in [0.3, 0.4) is 0 Å². The number of carboxylic acid groups (broad SMARTS) is 1. The quantitative estimate of drug-likeness (QED) is 0.375. The summed E-state index contributed by atoms with van der Waals surface area (Å²) < 4.78 is 1.14. The first kappa shape index (κ1) is 22.9. The number of halogens is 2. The topological polar surface area (TPSA) is 117 Å². The van der Waals surface area contributed by atoms with Crippen LogP contribution >= 0.6 is 23.2 Å². The Hall–Kier alpha value is -3.88. The van der Waals surface area contributed by atoms with Gasteiger partial charge < -0.3 is 15.4 Å². The molecular formula is C25H18Cl2N4O4. The zero-order chi connectivity index (χ0) is 24.7. The minimum absolute atomic E-state index is 0.271. The number of aliphatic carboxylic acids is 1. The van der Waals surface area contributed by atoms with Crippen molar-refractivity contribution in [2.45, 2.75) is 19.0 Å². The number of benzodiazepines with no additional fused rings is 1. The minimum Gasteiger partial charge on any atom is -0.480 e. The Kier molecular flexibility index (Phi) is 5.92. The van der Waals surface area contributed by atoms with Crippen LogP contribution in [0.2, 0.25) is 10.0 Å². The van der Waals surface area contributed by atoms with E-state index in [4.69, 9.17) is 28.2 Å². The molecule has 0 spiro atoms. The first-order valence-corrected chi connectivity index (χ1v) is 11.4. The molecule has 4 aromatic rings. The molecule has 0 bridgehead atoms. The maximum atomic E-state index is 13.1. The van der Waals surface area contributed by atoms with Crippen molar-refractivity contribution in [3.05, 3.63) is 97.9 Å². The zero-order valence-corrected chi connectivity index (χ0v) is 19.6. The molecule has 1 aliphatic heterocycles. The van der Waals surface area contributed by atoms with Crippen molar-refractivity contribution >= 4 is 57.5 Å². The van der Waals surface area contributed by atoms with Gasteiger partial charge in [0.2, 0.25) is 5.91 Å². The van der Waals surface area contributed by atoms with Gasteiger partial charge in [-0.2, -0.15) is 0 Å². The molecule has 0 saturated carbocycles. The summed E-state index contributed by atoms with van der Waals surface area (Å²) in [7, 11) is 0. The van der Waals surface area contributed by atoms with Crippen molar-refractivity contribution in [1.82, 2.24) is 9.55 Å². The highest BCUT2D eigenvalue weighted by atomic mass is 35.5. The first-order chi connectivity index (χ1) is 16.8. The number of H-pyrrole nitrogens is 1. The fraction of sp³-hybridized carbons (Fsp3) is 0.120. The lowest BCUT2D eigenvalue weighted by atomic mass is 9.99. The van der Waals surface area contributed by atoms with Gasteiger partial charge in [0.15, 0.2) is 0 Å². The highest BCUT2D eigenvalue weighted by molar-refractivity contribution is 6.32. The third-order valence-electron chi connectivity index (χ3n) is 5.80. The number of amides is 1. The van der Waals surface area contributed by atoms with E-state index in [1.54, 1.807) is 42.5 Å². The third kappa shape index (κ3) is 4.45. The van der Waals surface area contributed by atoms with Gasteiger partial charge in [0.05, 0.1) is 22.4 Å². The van der Waals surface area contributed by atoms with Crippen LogP contribution < -0.4 is 11.0 Å². The Bertz CT molecular complexity index is 1590. The lowest BCUT2D eigenvalue weighted by Gasteiger charge is -2.12. The predicted octanol–water partition coefficient (Wildman–Crippen LogP) is 4.12. The summed E-state index contributed by atoms with van der Waals surface area (Å²) in [6.07, 6.45) is 0.271. The second-order valence-electron chi connectivity index (χ2n) is 8.11. The Balaban J connectivity index is 1.69. The van der Waals surface area contributed by atoms with Gasteiger partial charge in [-0.05, 0) is 42.0 Å². The molecule has 0 saturated heterocycles. The fourth-order valence-corrected chi connectivity index (χ4v) is 4.54. The average molecular weight is 509 g/mol. The van der Waals surface area contributed by atoms with Gasteiger partial charge in [0.25, 0.3) is 0 Å². The summed E-state index contributed by atoms with van der Waals surface area (Å²) in [6.45, 7) is -0.494. The maximum absolute atomic E-state index is 13.1. The predicted molar refractivity (Wildman–Crippen MR) is 135 cm³/mol. The van der Waals surface area contributed by atoms with E-state index in [1.807, 2.05) is 18.2 Å². The van der Waals surface area contributed by atoms with Crippen molar-refractivity contribution < 1.29 is 14.7 Å². The molecule has 1 atom stereocenters. The van der Waals surface area contributed by atoms with Gasteiger partial charge in [-0.3, -0.25) is 19.1 Å². The van der Waals surface area contributed by atoms with E-state index < -0.39 is 24.2 Å². The maximum Gasteiger partial charge on any atom is 0.327 e. The first-order valence-electron chi connectivity index (χ1n) is 10.7. The van der Waals surface area contributed by atoms with Crippen LogP contribution in [0.4, 0.5) is 5.69 Å². The molecule has 2 heterocycles. The minimum atomic E-state index is -1.14. The number of carbonyl (C=O) groups is 2. The van der Waals surface area contributed by atoms with Crippen LogP contribution in [-0.4, -0.2) is 38.3 Å². The van der Waals surface area contributed by atoms with Crippen LogP contribution in [0.1, 0.15) is 16.7 Å². The van der Waals surface area contributed by atoms with E-state index in [0.717, 1.165) is 10.1 Å². The highest BCUT2D eigenvalue weighted by Crippen LogP contribution is 2.29. The van der Waals surface area contributed by atoms with Gasteiger partial charge in [0, 0.05) is 27.6 Å². The van der Waals surface area contributed by atoms with Crippen LogP contribution in [0.5, 0.6) is 0 Å². The average Bonchev–Trinajstić information content (AvgIpc) is 3.05. The van der Waals surface area contributed by atoms with Crippen molar-refractivity contribution in [3.8, 4) is 0 Å². The molecule has 5 rings (SSSR count). The number of carboxylic acids is 1. The smallest absolute Gasteiger partial charge is 0.327 e. The number of carbonyl (C=O) groups excluding carboxylic acids is 1. The molecule has 35 heavy (non-hydrogen) atoms. The van der Waals surface area contributed by atoms with Crippen LogP contribution in [0.25, 0.3) is 11.0 Å². The molecule has 10 heteroatoms. The van der Waals surface area contributed by atoms with Gasteiger partial charge in [-0.1, -0.05) is 47.5 Å². The van der Waals surface area contributed by atoms with E-state index >= 15 is 0 Å². The number of aliphatic imine (C=N–C) groups is 1. The van der Waals surface area contributed by atoms with Crippen LogP contribution in [0, 0.1) is 0 Å². The number of aromatic nitrogens is 2. The summed E-state index contributed by atoms with van der Waals surface area (Å²) in [5, 5.41) is 13.2. The summed E-state index contributed by atoms with van der Waals surface area (Å²) in [5.41, 5.74) is 3.37. The number of fused-ring (bicyclic) bond motifs is 2. The number of hydrogen-bond acceptors (Lipinski definition) is 4.